The van der Waals surface area contributed by atoms with Gasteiger partial charge < -0.3 is 0 Å². The summed E-state index contributed by atoms with van der Waals surface area (Å²) < 4.78 is 14.2. The number of hydrogen-bond acceptors (Lipinski definition) is 0. The third-order valence-electron chi connectivity index (χ3n) is 4.18. The molecule has 0 atom stereocenters. The number of aryl methyl sites for hydroxylation is 2. The van der Waals surface area contributed by atoms with Gasteiger partial charge in [0.2, 0.25) is 0 Å². The SMILES string of the molecule is C=C\C(C)=C/C=C(C)/C(C)=C(\C=C)c1cc(F)c(CC)cc1C. The molecule has 0 aromatic heterocycles. The zero-order valence-electron chi connectivity index (χ0n) is 15.0. The second kappa shape index (κ2) is 8.47. The van der Waals surface area contributed by atoms with Crippen LogP contribution < -0.4 is 0 Å². The molecule has 0 bridgehead atoms. The fraction of sp³-hybridized carbons (Fsp3) is 0.273. The molecule has 0 amide bonds. The molecule has 0 saturated carbocycles. The van der Waals surface area contributed by atoms with Gasteiger partial charge in [-0.25, -0.2) is 4.39 Å². The molecule has 0 N–H and O–H groups in total. The molecule has 0 radical (unpaired) electrons. The first-order chi connectivity index (χ1) is 10.8. The lowest BCUT2D eigenvalue weighted by Gasteiger charge is -2.14. The highest BCUT2D eigenvalue weighted by Gasteiger charge is 2.11. The minimum absolute atomic E-state index is 0.149. The van der Waals surface area contributed by atoms with E-state index in [0.717, 1.165) is 39.0 Å². The molecule has 0 saturated heterocycles. The minimum Gasteiger partial charge on any atom is -0.207 e. The van der Waals surface area contributed by atoms with Gasteiger partial charge >= 0.3 is 0 Å². The highest BCUT2D eigenvalue weighted by molar-refractivity contribution is 5.80. The summed E-state index contributed by atoms with van der Waals surface area (Å²) in [4.78, 5) is 0. The van der Waals surface area contributed by atoms with Crippen molar-refractivity contribution in [2.24, 2.45) is 0 Å². The number of halogens is 1. The van der Waals surface area contributed by atoms with Crippen LogP contribution in [0.15, 0.2) is 66.3 Å². The van der Waals surface area contributed by atoms with Crippen LogP contribution in [0.25, 0.3) is 5.57 Å². The van der Waals surface area contributed by atoms with Gasteiger partial charge in [-0.3, -0.25) is 0 Å². The van der Waals surface area contributed by atoms with Crippen LogP contribution in [0.1, 0.15) is 44.4 Å². The van der Waals surface area contributed by atoms with E-state index in [1.54, 1.807) is 6.07 Å². The Morgan fingerprint density at radius 1 is 1.09 bits per heavy atom. The minimum atomic E-state index is -0.149. The second-order valence-corrected chi connectivity index (χ2v) is 5.82. The molecule has 0 nitrogen and oxygen atoms in total. The molecule has 0 fully saturated rings. The monoisotopic (exact) mass is 310 g/mol. The first-order valence-electron chi connectivity index (χ1n) is 7.96. The first-order valence-corrected chi connectivity index (χ1v) is 7.96. The molecule has 1 aromatic rings. The van der Waals surface area contributed by atoms with Gasteiger partial charge in [0.25, 0.3) is 0 Å². The average Bonchev–Trinajstić information content (AvgIpc) is 2.55. The van der Waals surface area contributed by atoms with Crippen molar-refractivity contribution in [1.82, 2.24) is 0 Å². The Bertz CT molecular complexity index is 697. The maximum atomic E-state index is 14.2. The summed E-state index contributed by atoms with van der Waals surface area (Å²) in [6, 6.07) is 3.56. The summed E-state index contributed by atoms with van der Waals surface area (Å²) >= 11 is 0. The predicted octanol–water partition coefficient (Wildman–Crippen LogP) is 6.73. The molecule has 0 heterocycles. The van der Waals surface area contributed by atoms with E-state index in [4.69, 9.17) is 0 Å². The molecule has 0 aliphatic rings. The van der Waals surface area contributed by atoms with Crippen molar-refractivity contribution in [3.05, 3.63) is 88.8 Å². The summed E-state index contributed by atoms with van der Waals surface area (Å²) in [6.45, 7) is 17.8. The van der Waals surface area contributed by atoms with E-state index < -0.39 is 0 Å². The van der Waals surface area contributed by atoms with Crippen molar-refractivity contribution in [2.75, 3.05) is 0 Å². The van der Waals surface area contributed by atoms with Gasteiger partial charge in [0.1, 0.15) is 5.82 Å². The summed E-state index contributed by atoms with van der Waals surface area (Å²) in [5.41, 5.74) is 7.03. The van der Waals surface area contributed by atoms with Gasteiger partial charge in [-0.15, -0.1) is 0 Å². The Morgan fingerprint density at radius 3 is 2.26 bits per heavy atom. The van der Waals surface area contributed by atoms with Crippen LogP contribution >= 0.6 is 0 Å². The van der Waals surface area contributed by atoms with Crippen LogP contribution in [-0.4, -0.2) is 0 Å². The van der Waals surface area contributed by atoms with Crippen LogP contribution in [-0.2, 0) is 6.42 Å². The summed E-state index contributed by atoms with van der Waals surface area (Å²) in [5, 5.41) is 0. The molecule has 1 rings (SSSR count). The lowest BCUT2D eigenvalue weighted by atomic mass is 9.91. The molecule has 1 aromatic carbocycles. The Morgan fingerprint density at radius 2 is 1.74 bits per heavy atom. The standard InChI is InChI=1S/C22H27F/c1-8-15(4)11-12-16(5)18(7)20(10-3)21-14-22(23)19(9-2)13-17(21)6/h8,10-14H,1,3,9H2,2,4-7H3/b15-11-,16-12+,20-18+. The fourth-order valence-corrected chi connectivity index (χ4v) is 2.43. The average molecular weight is 310 g/mol. The number of rotatable bonds is 6. The second-order valence-electron chi connectivity index (χ2n) is 5.82. The Labute approximate surface area is 140 Å². The first kappa shape index (κ1) is 18.9. The topological polar surface area (TPSA) is 0 Å². The van der Waals surface area contributed by atoms with E-state index in [9.17, 15) is 4.39 Å². The lowest BCUT2D eigenvalue weighted by Crippen LogP contribution is -1.97. The maximum absolute atomic E-state index is 14.2. The third kappa shape index (κ3) is 4.66. The van der Waals surface area contributed by atoms with Crippen LogP contribution in [0.4, 0.5) is 4.39 Å². The highest BCUT2D eigenvalue weighted by atomic mass is 19.1. The van der Waals surface area contributed by atoms with E-state index in [1.807, 2.05) is 52.0 Å². The summed E-state index contributed by atoms with van der Waals surface area (Å²) in [6.07, 6.45) is 8.41. The smallest absolute Gasteiger partial charge is 0.127 e. The van der Waals surface area contributed by atoms with Crippen LogP contribution in [0.2, 0.25) is 0 Å². The Kier molecular flexibility index (Phi) is 6.96. The fourth-order valence-electron chi connectivity index (χ4n) is 2.43. The molecule has 0 aliphatic heterocycles. The highest BCUT2D eigenvalue weighted by Crippen LogP contribution is 2.29. The largest absolute Gasteiger partial charge is 0.207 e. The maximum Gasteiger partial charge on any atom is 0.127 e. The zero-order chi connectivity index (χ0) is 17.6. The number of benzene rings is 1. The van der Waals surface area contributed by atoms with Gasteiger partial charge in [-0.05, 0) is 73.6 Å². The van der Waals surface area contributed by atoms with Crippen LogP contribution in [0.5, 0.6) is 0 Å². The Hall–Kier alpha value is -2.15. The molecule has 0 aliphatic carbocycles. The normalized spacial score (nSPS) is 13.7. The molecule has 0 unspecified atom stereocenters. The van der Waals surface area contributed by atoms with E-state index in [0.29, 0.717) is 6.42 Å². The zero-order valence-corrected chi connectivity index (χ0v) is 15.0. The van der Waals surface area contributed by atoms with Gasteiger partial charge in [-0.1, -0.05) is 56.0 Å². The lowest BCUT2D eigenvalue weighted by molar-refractivity contribution is 0.611. The van der Waals surface area contributed by atoms with Gasteiger partial charge in [0, 0.05) is 0 Å². The van der Waals surface area contributed by atoms with E-state index in [2.05, 4.69) is 26.2 Å². The summed E-state index contributed by atoms with van der Waals surface area (Å²) in [7, 11) is 0. The molecule has 122 valence electrons. The Balaban J connectivity index is 3.44. The molecule has 23 heavy (non-hydrogen) atoms. The van der Waals surface area contributed by atoms with Crippen LogP contribution in [0, 0.1) is 12.7 Å². The van der Waals surface area contributed by atoms with Crippen molar-refractivity contribution in [3.63, 3.8) is 0 Å². The van der Waals surface area contributed by atoms with Crippen LogP contribution in [0.3, 0.4) is 0 Å². The molecule has 0 spiro atoms. The number of hydrogen-bond donors (Lipinski definition) is 0. The van der Waals surface area contributed by atoms with E-state index in [-0.39, 0.29) is 5.82 Å². The van der Waals surface area contributed by atoms with Crippen molar-refractivity contribution in [3.8, 4) is 0 Å². The number of allylic oxidation sites excluding steroid dienone is 8. The molecular formula is C22H27F. The van der Waals surface area contributed by atoms with E-state index in [1.165, 1.54) is 0 Å². The van der Waals surface area contributed by atoms with Crippen molar-refractivity contribution < 1.29 is 4.39 Å². The van der Waals surface area contributed by atoms with E-state index >= 15 is 0 Å². The quantitative estimate of drug-likeness (QED) is 0.511. The summed E-state index contributed by atoms with van der Waals surface area (Å²) in [5.74, 6) is -0.149. The van der Waals surface area contributed by atoms with Crippen molar-refractivity contribution in [2.45, 2.75) is 41.0 Å². The van der Waals surface area contributed by atoms with Crippen molar-refractivity contribution >= 4 is 5.57 Å². The molecule has 1 heteroatoms. The van der Waals surface area contributed by atoms with Gasteiger partial charge in [0.15, 0.2) is 0 Å². The molecular weight excluding hydrogens is 283 g/mol. The van der Waals surface area contributed by atoms with Gasteiger partial charge in [0.05, 0.1) is 0 Å². The van der Waals surface area contributed by atoms with Gasteiger partial charge in [-0.2, -0.15) is 0 Å². The van der Waals surface area contributed by atoms with Crippen molar-refractivity contribution in [1.29, 1.82) is 0 Å². The third-order valence-corrected chi connectivity index (χ3v) is 4.18. The predicted molar refractivity (Wildman–Crippen MR) is 101 cm³/mol.